The summed E-state index contributed by atoms with van der Waals surface area (Å²) in [5.74, 6) is 1.31. The molecule has 2 N–H and O–H groups in total. The number of nitrogens with zero attached hydrogens (tertiary/aromatic N) is 2. The molecule has 3 rings (SSSR count). The number of hydrogen-bond donors (Lipinski definition) is 1. The summed E-state index contributed by atoms with van der Waals surface area (Å²) >= 11 is 0. The van der Waals surface area contributed by atoms with E-state index in [1.807, 2.05) is 13.1 Å². The fourth-order valence-electron chi connectivity index (χ4n) is 2.92. The van der Waals surface area contributed by atoms with Crippen molar-refractivity contribution in [2.75, 3.05) is 0 Å². The Morgan fingerprint density at radius 1 is 1.39 bits per heavy atom. The fraction of sp³-hybridized carbons (Fsp3) is 0.429. The van der Waals surface area contributed by atoms with E-state index in [-0.39, 0.29) is 0 Å². The Bertz CT molecular complexity index is 609. The van der Waals surface area contributed by atoms with Gasteiger partial charge < -0.3 is 10.3 Å². The summed E-state index contributed by atoms with van der Waals surface area (Å²) < 4.78 is 2.15. The Labute approximate surface area is 106 Å². The molecule has 2 aromatic rings. The molecular formula is C14H17N3O. The highest BCUT2D eigenvalue weighted by Crippen LogP contribution is 2.34. The van der Waals surface area contributed by atoms with Crippen LogP contribution < -0.4 is 5.73 Å². The maximum Gasteiger partial charge on any atom is 0.248 e. The Kier molecular flexibility index (Phi) is 2.58. The molecule has 1 aliphatic rings. The number of amides is 1. The Morgan fingerprint density at radius 2 is 2.11 bits per heavy atom. The van der Waals surface area contributed by atoms with Gasteiger partial charge in [-0.3, -0.25) is 4.79 Å². The van der Waals surface area contributed by atoms with E-state index in [0.717, 1.165) is 16.9 Å². The molecule has 1 aliphatic carbocycles. The van der Waals surface area contributed by atoms with E-state index < -0.39 is 5.91 Å². The van der Waals surface area contributed by atoms with Crippen molar-refractivity contribution in [1.29, 1.82) is 0 Å². The summed E-state index contributed by atoms with van der Waals surface area (Å²) in [5, 5.41) is 0. The van der Waals surface area contributed by atoms with Gasteiger partial charge in [-0.25, -0.2) is 4.98 Å². The topological polar surface area (TPSA) is 60.9 Å². The number of carbonyl (C=O) groups excluding carboxylic acids is 1. The summed E-state index contributed by atoms with van der Waals surface area (Å²) in [4.78, 5) is 15.9. The van der Waals surface area contributed by atoms with Crippen LogP contribution in [0.3, 0.4) is 0 Å². The second-order valence-corrected chi connectivity index (χ2v) is 5.08. The van der Waals surface area contributed by atoms with Crippen LogP contribution in [0.1, 0.15) is 47.8 Å². The molecule has 1 aromatic carbocycles. The largest absolute Gasteiger partial charge is 0.366 e. The van der Waals surface area contributed by atoms with Gasteiger partial charge in [-0.1, -0.05) is 12.8 Å². The van der Waals surface area contributed by atoms with Gasteiger partial charge in [0, 0.05) is 18.5 Å². The number of imidazole rings is 1. The molecule has 0 aliphatic heterocycles. The number of hydrogen-bond acceptors (Lipinski definition) is 2. The minimum atomic E-state index is -0.398. The third-order valence-electron chi connectivity index (χ3n) is 3.92. The van der Waals surface area contributed by atoms with Crippen LogP contribution in [0.15, 0.2) is 18.2 Å². The molecular weight excluding hydrogens is 226 g/mol. The second-order valence-electron chi connectivity index (χ2n) is 5.08. The molecule has 18 heavy (non-hydrogen) atoms. The zero-order chi connectivity index (χ0) is 12.7. The molecule has 4 nitrogen and oxygen atoms in total. The molecule has 94 valence electrons. The summed E-state index contributed by atoms with van der Waals surface area (Å²) in [5.41, 5.74) is 7.77. The number of rotatable bonds is 2. The van der Waals surface area contributed by atoms with Gasteiger partial charge in [0.25, 0.3) is 0 Å². The van der Waals surface area contributed by atoms with Crippen LogP contribution >= 0.6 is 0 Å². The van der Waals surface area contributed by atoms with Crippen LogP contribution in [0.2, 0.25) is 0 Å². The third-order valence-corrected chi connectivity index (χ3v) is 3.92. The van der Waals surface area contributed by atoms with Crippen molar-refractivity contribution in [2.24, 2.45) is 12.8 Å². The average molecular weight is 243 g/mol. The first kappa shape index (κ1) is 11.3. The molecule has 0 spiro atoms. The van der Waals surface area contributed by atoms with Crippen molar-refractivity contribution in [1.82, 2.24) is 9.55 Å². The highest BCUT2D eigenvalue weighted by molar-refractivity contribution is 5.96. The first-order valence-electron chi connectivity index (χ1n) is 6.43. The summed E-state index contributed by atoms with van der Waals surface area (Å²) in [7, 11) is 2.05. The number of primary amides is 1. The molecule has 1 saturated carbocycles. The van der Waals surface area contributed by atoms with E-state index >= 15 is 0 Å². The van der Waals surface area contributed by atoms with Crippen molar-refractivity contribution in [2.45, 2.75) is 31.6 Å². The van der Waals surface area contributed by atoms with Gasteiger partial charge in [0.05, 0.1) is 11.0 Å². The van der Waals surface area contributed by atoms with Gasteiger partial charge in [0.1, 0.15) is 5.82 Å². The number of carbonyl (C=O) groups is 1. The molecule has 1 amide bonds. The second kappa shape index (κ2) is 4.12. The molecule has 0 radical (unpaired) electrons. The number of aryl methyl sites for hydroxylation is 1. The minimum Gasteiger partial charge on any atom is -0.366 e. The predicted octanol–water partition coefficient (Wildman–Crippen LogP) is 2.33. The van der Waals surface area contributed by atoms with Gasteiger partial charge in [-0.05, 0) is 31.0 Å². The zero-order valence-corrected chi connectivity index (χ0v) is 10.5. The Balaban J connectivity index is 2.11. The van der Waals surface area contributed by atoms with Crippen LogP contribution in [0.5, 0.6) is 0 Å². The maximum absolute atomic E-state index is 11.2. The molecule has 0 unspecified atom stereocenters. The number of fused-ring (bicyclic) bond motifs is 1. The van der Waals surface area contributed by atoms with Gasteiger partial charge in [-0.2, -0.15) is 0 Å². The molecule has 0 bridgehead atoms. The summed E-state index contributed by atoms with van der Waals surface area (Å²) in [6, 6.07) is 5.49. The van der Waals surface area contributed by atoms with Crippen molar-refractivity contribution < 1.29 is 4.79 Å². The van der Waals surface area contributed by atoms with E-state index in [9.17, 15) is 4.79 Å². The summed E-state index contributed by atoms with van der Waals surface area (Å²) in [6.07, 6.45) is 5.03. The Hall–Kier alpha value is -1.84. The van der Waals surface area contributed by atoms with E-state index in [1.165, 1.54) is 25.7 Å². The zero-order valence-electron chi connectivity index (χ0n) is 10.5. The number of nitrogens with two attached hydrogens (primary N) is 1. The SMILES string of the molecule is Cn1c(C2CCCC2)nc2cc(C(N)=O)ccc21. The lowest BCUT2D eigenvalue weighted by Crippen LogP contribution is -2.10. The van der Waals surface area contributed by atoms with Crippen LogP contribution in [-0.4, -0.2) is 15.5 Å². The monoisotopic (exact) mass is 243 g/mol. The van der Waals surface area contributed by atoms with Crippen molar-refractivity contribution in [3.8, 4) is 0 Å². The van der Waals surface area contributed by atoms with E-state index in [4.69, 9.17) is 10.7 Å². The van der Waals surface area contributed by atoms with Gasteiger partial charge in [0.2, 0.25) is 5.91 Å². The fourth-order valence-corrected chi connectivity index (χ4v) is 2.92. The highest BCUT2D eigenvalue weighted by Gasteiger charge is 2.22. The minimum absolute atomic E-state index is 0.398. The molecule has 0 saturated heterocycles. The normalized spacial score (nSPS) is 16.5. The lowest BCUT2D eigenvalue weighted by atomic mass is 10.1. The summed E-state index contributed by atoms with van der Waals surface area (Å²) in [6.45, 7) is 0. The molecule has 4 heteroatoms. The highest BCUT2D eigenvalue weighted by atomic mass is 16.1. The molecule has 0 atom stereocenters. The van der Waals surface area contributed by atoms with E-state index in [2.05, 4.69) is 4.57 Å². The quantitative estimate of drug-likeness (QED) is 0.880. The molecule has 1 aromatic heterocycles. The third kappa shape index (κ3) is 1.68. The molecule has 1 heterocycles. The van der Waals surface area contributed by atoms with Gasteiger partial charge in [-0.15, -0.1) is 0 Å². The van der Waals surface area contributed by atoms with Crippen molar-refractivity contribution in [3.05, 3.63) is 29.6 Å². The van der Waals surface area contributed by atoms with Crippen LogP contribution in [0.25, 0.3) is 11.0 Å². The Morgan fingerprint density at radius 3 is 2.78 bits per heavy atom. The standard InChI is InChI=1S/C14H17N3O/c1-17-12-7-6-10(13(15)18)8-11(12)16-14(17)9-4-2-3-5-9/h6-9H,2-5H2,1H3,(H2,15,18). The van der Waals surface area contributed by atoms with Crippen LogP contribution in [0.4, 0.5) is 0 Å². The first-order valence-corrected chi connectivity index (χ1v) is 6.43. The molecule has 1 fully saturated rings. The predicted molar refractivity (Wildman–Crippen MR) is 70.4 cm³/mol. The average Bonchev–Trinajstić information content (AvgIpc) is 2.97. The lowest BCUT2D eigenvalue weighted by Gasteiger charge is -2.08. The first-order chi connectivity index (χ1) is 8.66. The van der Waals surface area contributed by atoms with Crippen molar-refractivity contribution >= 4 is 16.9 Å². The van der Waals surface area contributed by atoms with E-state index in [0.29, 0.717) is 11.5 Å². The number of benzene rings is 1. The van der Waals surface area contributed by atoms with E-state index in [1.54, 1.807) is 12.1 Å². The van der Waals surface area contributed by atoms with Crippen molar-refractivity contribution in [3.63, 3.8) is 0 Å². The number of aromatic nitrogens is 2. The smallest absolute Gasteiger partial charge is 0.248 e. The lowest BCUT2D eigenvalue weighted by molar-refractivity contribution is 0.100. The van der Waals surface area contributed by atoms with Gasteiger partial charge >= 0.3 is 0 Å². The van der Waals surface area contributed by atoms with Crippen LogP contribution in [0, 0.1) is 0 Å². The maximum atomic E-state index is 11.2. The van der Waals surface area contributed by atoms with Crippen LogP contribution in [-0.2, 0) is 7.05 Å². The van der Waals surface area contributed by atoms with Gasteiger partial charge in [0.15, 0.2) is 0 Å².